The Morgan fingerprint density at radius 3 is 2.00 bits per heavy atom. The van der Waals surface area contributed by atoms with Gasteiger partial charge in [-0.1, -0.05) is 25.7 Å². The summed E-state index contributed by atoms with van der Waals surface area (Å²) in [5.74, 6) is 0.324. The average Bonchev–Trinajstić information content (AvgIpc) is 2.27. The summed E-state index contributed by atoms with van der Waals surface area (Å²) in [6.45, 7) is 3.38. The summed E-state index contributed by atoms with van der Waals surface area (Å²) in [5.41, 5.74) is 5.37. The Morgan fingerprint density at radius 2 is 1.50 bits per heavy atom. The van der Waals surface area contributed by atoms with Gasteiger partial charge in [-0.3, -0.25) is 5.41 Å². The first-order valence-corrected chi connectivity index (χ1v) is 5.84. The van der Waals surface area contributed by atoms with Crippen LogP contribution in [0.2, 0.25) is 0 Å². The Bertz CT molecular complexity index is 158. The molecule has 0 saturated carbocycles. The molecule has 0 radical (unpaired) electrons. The summed E-state index contributed by atoms with van der Waals surface area (Å²) in [4.78, 5) is 2.46. The molecule has 1 rings (SSSR count). The van der Waals surface area contributed by atoms with Gasteiger partial charge in [0.25, 0.3) is 0 Å². The molecule has 3 nitrogen and oxygen atoms in total. The van der Waals surface area contributed by atoms with E-state index in [2.05, 4.69) is 4.90 Å². The highest BCUT2D eigenvalue weighted by atomic mass is 15.1. The molecule has 3 heteroatoms. The molecule has 0 bridgehead atoms. The van der Waals surface area contributed by atoms with E-state index >= 15 is 0 Å². The summed E-state index contributed by atoms with van der Waals surface area (Å²) >= 11 is 0. The molecule has 1 aliphatic heterocycles. The molecule has 14 heavy (non-hydrogen) atoms. The van der Waals surface area contributed by atoms with Crippen LogP contribution in [0.5, 0.6) is 0 Å². The minimum Gasteiger partial charge on any atom is -0.388 e. The van der Waals surface area contributed by atoms with Gasteiger partial charge in [0.1, 0.15) is 0 Å². The van der Waals surface area contributed by atoms with Crippen LogP contribution in [-0.4, -0.2) is 30.4 Å². The standard InChI is InChI=1S/C11H23N3/c12-11(13)7-10-14-8-5-3-1-2-4-6-9-14/h1-10H2,(H3,12,13). The molecule has 0 spiro atoms. The van der Waals surface area contributed by atoms with E-state index in [9.17, 15) is 0 Å². The SMILES string of the molecule is N=C(N)CCN1CCCCCCCC1. The fourth-order valence-corrected chi connectivity index (χ4v) is 1.99. The summed E-state index contributed by atoms with van der Waals surface area (Å²) in [6.07, 6.45) is 8.92. The van der Waals surface area contributed by atoms with E-state index in [0.29, 0.717) is 5.84 Å². The fraction of sp³-hybridized carbons (Fsp3) is 0.909. The molecular formula is C11H23N3. The topological polar surface area (TPSA) is 53.1 Å². The van der Waals surface area contributed by atoms with Crippen molar-refractivity contribution in [3.05, 3.63) is 0 Å². The number of rotatable bonds is 3. The summed E-state index contributed by atoms with van der Waals surface area (Å²) in [5, 5.41) is 7.21. The molecule has 3 N–H and O–H groups in total. The molecule has 1 fully saturated rings. The third-order valence-electron chi connectivity index (χ3n) is 2.90. The van der Waals surface area contributed by atoms with Gasteiger partial charge in [-0.15, -0.1) is 0 Å². The molecule has 0 amide bonds. The molecule has 1 saturated heterocycles. The predicted molar refractivity (Wildman–Crippen MR) is 60.7 cm³/mol. The van der Waals surface area contributed by atoms with E-state index in [-0.39, 0.29) is 0 Å². The van der Waals surface area contributed by atoms with E-state index in [1.807, 2.05) is 0 Å². The van der Waals surface area contributed by atoms with Crippen LogP contribution >= 0.6 is 0 Å². The van der Waals surface area contributed by atoms with Gasteiger partial charge < -0.3 is 10.6 Å². The number of amidine groups is 1. The lowest BCUT2D eigenvalue weighted by Crippen LogP contribution is -2.29. The molecule has 0 aromatic carbocycles. The van der Waals surface area contributed by atoms with Crippen LogP contribution in [-0.2, 0) is 0 Å². The summed E-state index contributed by atoms with van der Waals surface area (Å²) in [6, 6.07) is 0. The van der Waals surface area contributed by atoms with Crippen LogP contribution in [0.4, 0.5) is 0 Å². The van der Waals surface area contributed by atoms with Gasteiger partial charge in [0, 0.05) is 13.0 Å². The lowest BCUT2D eigenvalue weighted by molar-refractivity contribution is 0.276. The predicted octanol–water partition coefficient (Wildman–Crippen LogP) is 1.97. The maximum Gasteiger partial charge on any atom is 0.0918 e. The van der Waals surface area contributed by atoms with Gasteiger partial charge in [0.15, 0.2) is 0 Å². The first-order valence-electron chi connectivity index (χ1n) is 5.84. The monoisotopic (exact) mass is 197 g/mol. The average molecular weight is 197 g/mol. The maximum absolute atomic E-state index is 7.21. The van der Waals surface area contributed by atoms with E-state index in [1.54, 1.807) is 0 Å². The number of hydrogen-bond donors (Lipinski definition) is 2. The molecule has 0 aliphatic carbocycles. The molecule has 1 heterocycles. The molecule has 0 aromatic rings. The smallest absolute Gasteiger partial charge is 0.0918 e. The highest BCUT2D eigenvalue weighted by Crippen LogP contribution is 2.11. The van der Waals surface area contributed by atoms with Crippen LogP contribution in [0, 0.1) is 5.41 Å². The lowest BCUT2D eigenvalue weighted by atomic mass is 10.1. The highest BCUT2D eigenvalue weighted by molar-refractivity contribution is 5.76. The largest absolute Gasteiger partial charge is 0.388 e. The van der Waals surface area contributed by atoms with Crippen molar-refractivity contribution >= 4 is 5.84 Å². The first-order chi connectivity index (χ1) is 6.79. The van der Waals surface area contributed by atoms with Gasteiger partial charge in [0.2, 0.25) is 0 Å². The van der Waals surface area contributed by atoms with Crippen molar-refractivity contribution in [3.63, 3.8) is 0 Å². The normalized spacial score (nSPS) is 20.9. The van der Waals surface area contributed by atoms with Crippen molar-refractivity contribution in [1.29, 1.82) is 5.41 Å². The van der Waals surface area contributed by atoms with E-state index in [4.69, 9.17) is 11.1 Å². The number of nitrogens with two attached hydrogens (primary N) is 1. The van der Waals surface area contributed by atoms with Gasteiger partial charge >= 0.3 is 0 Å². The van der Waals surface area contributed by atoms with Gasteiger partial charge in [-0.2, -0.15) is 0 Å². The van der Waals surface area contributed by atoms with Gasteiger partial charge in [-0.25, -0.2) is 0 Å². The van der Waals surface area contributed by atoms with Crippen LogP contribution in [0.15, 0.2) is 0 Å². The van der Waals surface area contributed by atoms with Crippen LogP contribution < -0.4 is 5.73 Å². The quantitative estimate of drug-likeness (QED) is 0.537. The van der Waals surface area contributed by atoms with Gasteiger partial charge in [0.05, 0.1) is 5.84 Å². The third-order valence-corrected chi connectivity index (χ3v) is 2.90. The second-order valence-corrected chi connectivity index (χ2v) is 4.24. The minimum atomic E-state index is 0.324. The number of nitrogens with zero attached hydrogens (tertiary/aromatic N) is 1. The Kier molecular flexibility index (Phi) is 5.60. The Balaban J connectivity index is 2.21. The van der Waals surface area contributed by atoms with E-state index in [0.717, 1.165) is 13.0 Å². The molecule has 0 unspecified atom stereocenters. The zero-order valence-electron chi connectivity index (χ0n) is 9.10. The molecule has 1 aliphatic rings. The van der Waals surface area contributed by atoms with Crippen molar-refractivity contribution in [2.75, 3.05) is 19.6 Å². The van der Waals surface area contributed by atoms with Crippen LogP contribution in [0.1, 0.15) is 44.9 Å². The van der Waals surface area contributed by atoms with Crippen molar-refractivity contribution in [1.82, 2.24) is 4.90 Å². The number of nitrogens with one attached hydrogen (secondary N) is 1. The van der Waals surface area contributed by atoms with E-state index < -0.39 is 0 Å². The van der Waals surface area contributed by atoms with Crippen molar-refractivity contribution in [2.45, 2.75) is 44.9 Å². The van der Waals surface area contributed by atoms with Crippen molar-refractivity contribution in [2.24, 2.45) is 5.73 Å². The van der Waals surface area contributed by atoms with Crippen LogP contribution in [0.3, 0.4) is 0 Å². The lowest BCUT2D eigenvalue weighted by Gasteiger charge is -2.20. The zero-order valence-corrected chi connectivity index (χ0v) is 9.10. The van der Waals surface area contributed by atoms with Crippen molar-refractivity contribution < 1.29 is 0 Å². The second kappa shape index (κ2) is 6.82. The van der Waals surface area contributed by atoms with E-state index in [1.165, 1.54) is 51.6 Å². The Morgan fingerprint density at radius 1 is 1.00 bits per heavy atom. The van der Waals surface area contributed by atoms with Crippen LogP contribution in [0.25, 0.3) is 0 Å². The molecule has 82 valence electrons. The third kappa shape index (κ3) is 5.22. The Labute approximate surface area is 87.2 Å². The molecule has 0 atom stereocenters. The number of hydrogen-bond acceptors (Lipinski definition) is 2. The second-order valence-electron chi connectivity index (χ2n) is 4.24. The Hall–Kier alpha value is -0.570. The summed E-state index contributed by atoms with van der Waals surface area (Å²) in [7, 11) is 0. The molecular weight excluding hydrogens is 174 g/mol. The summed E-state index contributed by atoms with van der Waals surface area (Å²) < 4.78 is 0. The van der Waals surface area contributed by atoms with Gasteiger partial charge in [-0.05, 0) is 25.9 Å². The maximum atomic E-state index is 7.21. The fourth-order valence-electron chi connectivity index (χ4n) is 1.99. The first kappa shape index (κ1) is 11.5. The highest BCUT2D eigenvalue weighted by Gasteiger charge is 2.06. The minimum absolute atomic E-state index is 0.324. The zero-order chi connectivity index (χ0) is 10.2. The molecule has 0 aromatic heterocycles. The van der Waals surface area contributed by atoms with Crippen molar-refractivity contribution in [3.8, 4) is 0 Å².